The van der Waals surface area contributed by atoms with Crippen molar-refractivity contribution >= 4 is 40.6 Å². The molecular weight excluding hydrogens is 334 g/mol. The molecule has 1 aliphatic rings. The maximum atomic E-state index is 12.5. The lowest BCUT2D eigenvalue weighted by molar-refractivity contribution is -0.130. The van der Waals surface area contributed by atoms with Crippen LogP contribution < -0.4 is 0 Å². The molecule has 1 saturated heterocycles. The Morgan fingerprint density at radius 2 is 2.09 bits per heavy atom. The summed E-state index contributed by atoms with van der Waals surface area (Å²) in [6, 6.07) is 11.9. The normalized spacial score (nSPS) is 19.0. The van der Waals surface area contributed by atoms with E-state index in [1.165, 1.54) is 4.88 Å². The fourth-order valence-corrected chi connectivity index (χ4v) is 5.08. The summed E-state index contributed by atoms with van der Waals surface area (Å²) in [7, 11) is 0. The average Bonchev–Trinajstić information content (AvgIpc) is 2.94. The third kappa shape index (κ3) is 3.86. The standard InChI is InChI=1S/C17H18ClNOS2/c18-14-5-2-1-4-13(14)12-17(20)19-8-7-16(22-11-9-19)15-6-3-10-21-15/h1-6,10,16H,7-9,11-12H2. The molecule has 5 heteroatoms. The number of halogens is 1. The predicted molar refractivity (Wildman–Crippen MR) is 95.9 cm³/mol. The van der Waals surface area contributed by atoms with Gasteiger partial charge in [-0.2, -0.15) is 11.8 Å². The summed E-state index contributed by atoms with van der Waals surface area (Å²) in [6.07, 6.45) is 1.42. The quantitative estimate of drug-likeness (QED) is 0.802. The van der Waals surface area contributed by atoms with Crippen molar-refractivity contribution in [2.75, 3.05) is 18.8 Å². The third-order valence-corrected chi connectivity index (χ3v) is 6.67. The van der Waals surface area contributed by atoms with E-state index >= 15 is 0 Å². The second-order valence-corrected chi connectivity index (χ2v) is 8.01. The van der Waals surface area contributed by atoms with Crippen LogP contribution in [0.1, 0.15) is 22.1 Å². The van der Waals surface area contributed by atoms with Gasteiger partial charge in [0, 0.05) is 34.0 Å². The SMILES string of the molecule is O=C(Cc1ccccc1Cl)N1CCSC(c2cccs2)CC1. The molecule has 3 rings (SSSR count). The van der Waals surface area contributed by atoms with Gasteiger partial charge in [-0.05, 0) is 29.5 Å². The summed E-state index contributed by atoms with van der Waals surface area (Å²) in [5.74, 6) is 1.18. The summed E-state index contributed by atoms with van der Waals surface area (Å²) in [5, 5.41) is 3.33. The highest BCUT2D eigenvalue weighted by atomic mass is 35.5. The van der Waals surface area contributed by atoms with Crippen LogP contribution in [0.15, 0.2) is 41.8 Å². The van der Waals surface area contributed by atoms with Gasteiger partial charge in [-0.25, -0.2) is 0 Å². The number of hydrogen-bond donors (Lipinski definition) is 0. The van der Waals surface area contributed by atoms with Crippen molar-refractivity contribution in [3.05, 3.63) is 57.2 Å². The van der Waals surface area contributed by atoms with Crippen LogP contribution in [0.2, 0.25) is 5.02 Å². The van der Waals surface area contributed by atoms with Crippen LogP contribution in [0.3, 0.4) is 0 Å². The highest BCUT2D eigenvalue weighted by Gasteiger charge is 2.22. The van der Waals surface area contributed by atoms with Crippen LogP contribution in [0.4, 0.5) is 0 Å². The van der Waals surface area contributed by atoms with E-state index in [0.717, 1.165) is 30.8 Å². The number of hydrogen-bond acceptors (Lipinski definition) is 3. The molecule has 2 heterocycles. The molecule has 1 aromatic carbocycles. The first-order valence-electron chi connectivity index (χ1n) is 7.40. The lowest BCUT2D eigenvalue weighted by atomic mass is 10.1. The van der Waals surface area contributed by atoms with Crippen molar-refractivity contribution in [2.45, 2.75) is 18.1 Å². The van der Waals surface area contributed by atoms with Gasteiger partial charge in [-0.3, -0.25) is 4.79 Å². The Morgan fingerprint density at radius 3 is 2.86 bits per heavy atom. The van der Waals surface area contributed by atoms with Gasteiger partial charge in [0.1, 0.15) is 0 Å². The molecule has 22 heavy (non-hydrogen) atoms. The lowest BCUT2D eigenvalue weighted by Gasteiger charge is -2.20. The molecule has 0 radical (unpaired) electrons. The Hall–Kier alpha value is -0.970. The smallest absolute Gasteiger partial charge is 0.227 e. The van der Waals surface area contributed by atoms with E-state index in [1.807, 2.05) is 52.3 Å². The van der Waals surface area contributed by atoms with Gasteiger partial charge >= 0.3 is 0 Å². The zero-order valence-electron chi connectivity index (χ0n) is 12.2. The molecule has 1 unspecified atom stereocenters. The van der Waals surface area contributed by atoms with Gasteiger partial charge in [0.2, 0.25) is 5.91 Å². The third-order valence-electron chi connectivity index (χ3n) is 3.85. The molecule has 1 aliphatic heterocycles. The van der Waals surface area contributed by atoms with E-state index in [4.69, 9.17) is 11.6 Å². The topological polar surface area (TPSA) is 20.3 Å². The number of carbonyl (C=O) groups is 1. The molecule has 1 fully saturated rings. The Labute approximate surface area is 144 Å². The number of amides is 1. The van der Waals surface area contributed by atoms with Crippen LogP contribution in [0.5, 0.6) is 0 Å². The van der Waals surface area contributed by atoms with Gasteiger partial charge in [-0.1, -0.05) is 35.9 Å². The minimum absolute atomic E-state index is 0.181. The number of benzene rings is 1. The molecule has 2 aromatic rings. The molecule has 2 nitrogen and oxygen atoms in total. The van der Waals surface area contributed by atoms with Gasteiger partial charge < -0.3 is 4.90 Å². The van der Waals surface area contributed by atoms with E-state index in [0.29, 0.717) is 16.7 Å². The molecule has 0 aliphatic carbocycles. The number of carbonyl (C=O) groups excluding carboxylic acids is 1. The molecule has 1 aromatic heterocycles. The highest BCUT2D eigenvalue weighted by molar-refractivity contribution is 7.99. The molecule has 0 spiro atoms. The van der Waals surface area contributed by atoms with Crippen LogP contribution >= 0.6 is 34.7 Å². The second kappa shape index (κ2) is 7.53. The van der Waals surface area contributed by atoms with Crippen molar-refractivity contribution in [2.24, 2.45) is 0 Å². The highest BCUT2D eigenvalue weighted by Crippen LogP contribution is 2.36. The maximum absolute atomic E-state index is 12.5. The van der Waals surface area contributed by atoms with Crippen LogP contribution in [0.25, 0.3) is 0 Å². The molecular formula is C17H18ClNOS2. The lowest BCUT2D eigenvalue weighted by Crippen LogP contribution is -2.34. The van der Waals surface area contributed by atoms with Gasteiger partial charge in [0.05, 0.1) is 6.42 Å². The molecule has 1 atom stereocenters. The molecule has 116 valence electrons. The fraction of sp³-hybridized carbons (Fsp3) is 0.353. The van der Waals surface area contributed by atoms with Crippen molar-refractivity contribution in [3.63, 3.8) is 0 Å². The van der Waals surface area contributed by atoms with E-state index in [-0.39, 0.29) is 5.91 Å². The maximum Gasteiger partial charge on any atom is 0.227 e. The minimum atomic E-state index is 0.181. The van der Waals surface area contributed by atoms with Gasteiger partial charge in [-0.15, -0.1) is 11.3 Å². The van der Waals surface area contributed by atoms with Gasteiger partial charge in [0.25, 0.3) is 0 Å². The first kappa shape index (κ1) is 15.9. The van der Waals surface area contributed by atoms with Gasteiger partial charge in [0.15, 0.2) is 0 Å². The first-order chi connectivity index (χ1) is 10.7. The zero-order valence-corrected chi connectivity index (χ0v) is 14.6. The van der Waals surface area contributed by atoms with E-state index in [2.05, 4.69) is 17.5 Å². The Bertz CT molecular complexity index is 629. The van der Waals surface area contributed by atoms with Crippen LogP contribution in [-0.2, 0) is 11.2 Å². The van der Waals surface area contributed by atoms with E-state index in [9.17, 15) is 4.79 Å². The van der Waals surface area contributed by atoms with E-state index < -0.39 is 0 Å². The predicted octanol–water partition coefficient (Wildman–Crippen LogP) is 4.65. The zero-order chi connectivity index (χ0) is 15.4. The number of nitrogens with zero attached hydrogens (tertiary/aromatic N) is 1. The monoisotopic (exact) mass is 351 g/mol. The molecule has 0 bridgehead atoms. The van der Waals surface area contributed by atoms with Crippen molar-refractivity contribution in [3.8, 4) is 0 Å². The average molecular weight is 352 g/mol. The van der Waals surface area contributed by atoms with Crippen molar-refractivity contribution in [1.29, 1.82) is 0 Å². The van der Waals surface area contributed by atoms with Crippen LogP contribution in [-0.4, -0.2) is 29.6 Å². The largest absolute Gasteiger partial charge is 0.342 e. The summed E-state index contributed by atoms with van der Waals surface area (Å²) in [5.41, 5.74) is 0.917. The number of thiophene rings is 1. The minimum Gasteiger partial charge on any atom is -0.342 e. The molecule has 1 amide bonds. The Kier molecular flexibility index (Phi) is 5.45. The Balaban J connectivity index is 1.61. The van der Waals surface area contributed by atoms with E-state index in [1.54, 1.807) is 0 Å². The first-order valence-corrected chi connectivity index (χ1v) is 9.71. The van der Waals surface area contributed by atoms with Crippen molar-refractivity contribution in [1.82, 2.24) is 4.90 Å². The summed E-state index contributed by atoms with van der Waals surface area (Å²) in [4.78, 5) is 15.9. The molecule has 0 N–H and O–H groups in total. The summed E-state index contributed by atoms with van der Waals surface area (Å²) < 4.78 is 0. The van der Waals surface area contributed by atoms with Crippen LogP contribution in [0, 0.1) is 0 Å². The second-order valence-electron chi connectivity index (χ2n) is 5.31. The summed E-state index contributed by atoms with van der Waals surface area (Å²) in [6.45, 7) is 1.66. The Morgan fingerprint density at radius 1 is 1.23 bits per heavy atom. The van der Waals surface area contributed by atoms with Crippen molar-refractivity contribution < 1.29 is 4.79 Å². The summed E-state index contributed by atoms with van der Waals surface area (Å²) >= 11 is 9.93. The fourth-order valence-electron chi connectivity index (χ4n) is 2.64. The number of thioether (sulfide) groups is 1. The number of rotatable bonds is 3. The molecule has 0 saturated carbocycles.